The van der Waals surface area contributed by atoms with E-state index in [1.807, 2.05) is 36.4 Å². The van der Waals surface area contributed by atoms with E-state index in [0.717, 1.165) is 22.3 Å². The summed E-state index contributed by atoms with van der Waals surface area (Å²) in [6, 6.07) is 11.8. The summed E-state index contributed by atoms with van der Waals surface area (Å²) in [5.74, 6) is 12.7. The quantitative estimate of drug-likeness (QED) is 0.429. The Morgan fingerprint density at radius 2 is 0.667 bits per heavy atom. The van der Waals surface area contributed by atoms with Crippen LogP contribution in [-0.2, 0) is 37.9 Å². The van der Waals surface area contributed by atoms with Crippen molar-refractivity contribution in [3.8, 4) is 35.2 Å². The van der Waals surface area contributed by atoms with Crippen LogP contribution in [0.2, 0.25) is 0 Å². The van der Waals surface area contributed by atoms with Gasteiger partial charge in [0.1, 0.15) is 37.9 Å². The van der Waals surface area contributed by atoms with Crippen molar-refractivity contribution in [2.24, 2.45) is 0 Å². The molecule has 0 aliphatic carbocycles. The number of rotatable bonds is 0. The van der Waals surface area contributed by atoms with Crippen molar-refractivity contribution >= 4 is 10.8 Å². The Labute approximate surface area is 248 Å². The Morgan fingerprint density at radius 1 is 0.357 bits per heavy atom. The smallest absolute Gasteiger partial charge is 0.127 e. The summed E-state index contributed by atoms with van der Waals surface area (Å²) in [5, 5.41) is 1.97. The molecule has 1 heterocycles. The van der Waals surface area contributed by atoms with Gasteiger partial charge in [-0.05, 0) is 24.0 Å². The second-order valence-electron chi connectivity index (χ2n) is 8.69. The van der Waals surface area contributed by atoms with Gasteiger partial charge in [-0.3, -0.25) is 0 Å². The molecule has 0 saturated carbocycles. The predicted molar refractivity (Wildman–Crippen MR) is 157 cm³/mol. The van der Waals surface area contributed by atoms with Crippen molar-refractivity contribution in [1.82, 2.24) is 0 Å². The fourth-order valence-corrected chi connectivity index (χ4v) is 3.65. The molecule has 10 nitrogen and oxygen atoms in total. The summed E-state index contributed by atoms with van der Waals surface area (Å²) in [6.07, 6.45) is 0. The van der Waals surface area contributed by atoms with E-state index in [9.17, 15) is 0 Å². The SMILES string of the molecule is C1#CCOCCOCCOCCOCCOc2cccc3c(cccc23)OCCOCCOCCOCCOCC#C1. The van der Waals surface area contributed by atoms with Crippen LogP contribution in [0.15, 0.2) is 36.4 Å². The third-order valence-electron chi connectivity index (χ3n) is 5.63. The molecular weight excluding hydrogens is 544 g/mol. The molecule has 0 amide bonds. The molecule has 4 bridgehead atoms. The Bertz CT molecular complexity index is 1010. The average molecular weight is 587 g/mol. The molecule has 0 radical (unpaired) electrons. The van der Waals surface area contributed by atoms with E-state index >= 15 is 0 Å². The number of ether oxygens (including phenoxy) is 10. The number of hydrogen-bond acceptors (Lipinski definition) is 10. The maximum atomic E-state index is 5.99. The van der Waals surface area contributed by atoms with E-state index in [1.165, 1.54) is 0 Å². The third kappa shape index (κ3) is 15.4. The minimum absolute atomic E-state index is 0.300. The third-order valence-corrected chi connectivity index (χ3v) is 5.63. The minimum Gasteiger partial charge on any atom is -0.491 e. The normalized spacial score (nSPS) is 19.2. The van der Waals surface area contributed by atoms with Gasteiger partial charge in [0.25, 0.3) is 0 Å². The molecule has 42 heavy (non-hydrogen) atoms. The lowest BCUT2D eigenvalue weighted by Gasteiger charge is -2.13. The van der Waals surface area contributed by atoms with Gasteiger partial charge in [-0.2, -0.15) is 0 Å². The highest BCUT2D eigenvalue weighted by atomic mass is 16.6. The molecule has 10 heteroatoms. The van der Waals surface area contributed by atoms with Crippen molar-refractivity contribution in [1.29, 1.82) is 0 Å². The van der Waals surface area contributed by atoms with Crippen LogP contribution in [0.25, 0.3) is 10.8 Å². The van der Waals surface area contributed by atoms with Gasteiger partial charge < -0.3 is 47.4 Å². The summed E-state index contributed by atoms with van der Waals surface area (Å²) in [5.41, 5.74) is 0. The number of benzene rings is 2. The number of hydrogen-bond donors (Lipinski definition) is 0. The highest BCUT2D eigenvalue weighted by Crippen LogP contribution is 2.32. The molecule has 0 unspecified atom stereocenters. The molecule has 2 aromatic carbocycles. The van der Waals surface area contributed by atoms with Gasteiger partial charge in [0.15, 0.2) is 0 Å². The van der Waals surface area contributed by atoms with Crippen LogP contribution in [0.3, 0.4) is 0 Å². The average Bonchev–Trinajstić information content (AvgIpc) is 3.01. The van der Waals surface area contributed by atoms with Crippen LogP contribution < -0.4 is 9.47 Å². The second kappa shape index (κ2) is 23.6. The van der Waals surface area contributed by atoms with Crippen molar-refractivity contribution in [3.05, 3.63) is 36.4 Å². The van der Waals surface area contributed by atoms with E-state index in [-0.39, 0.29) is 0 Å². The lowest BCUT2D eigenvalue weighted by molar-refractivity contribution is -0.00188. The maximum Gasteiger partial charge on any atom is 0.127 e. The van der Waals surface area contributed by atoms with E-state index in [0.29, 0.717) is 119 Å². The Balaban J connectivity index is 1.38. The van der Waals surface area contributed by atoms with Crippen molar-refractivity contribution in [3.63, 3.8) is 0 Å². The molecule has 0 saturated heterocycles. The first-order valence-electron chi connectivity index (χ1n) is 14.3. The Hall–Kier alpha value is -2.90. The van der Waals surface area contributed by atoms with Crippen molar-refractivity contribution < 1.29 is 47.4 Å². The summed E-state index contributed by atoms with van der Waals surface area (Å²) >= 11 is 0. The molecule has 2 aromatic rings. The van der Waals surface area contributed by atoms with Gasteiger partial charge in [0.2, 0.25) is 0 Å². The monoisotopic (exact) mass is 586 g/mol. The Kier molecular flexibility index (Phi) is 18.9. The fraction of sp³-hybridized carbons (Fsp3) is 0.562. The highest BCUT2D eigenvalue weighted by molar-refractivity contribution is 5.93. The molecule has 0 spiro atoms. The first kappa shape index (κ1) is 33.6. The molecule has 0 aromatic heterocycles. The molecule has 0 N–H and O–H groups in total. The van der Waals surface area contributed by atoms with E-state index in [4.69, 9.17) is 47.4 Å². The zero-order chi connectivity index (χ0) is 29.2. The second-order valence-corrected chi connectivity index (χ2v) is 8.69. The van der Waals surface area contributed by atoms with Gasteiger partial charge in [-0.25, -0.2) is 0 Å². The first-order chi connectivity index (χ1) is 20.9. The first-order valence-corrected chi connectivity index (χ1v) is 14.3. The van der Waals surface area contributed by atoms with E-state index in [1.54, 1.807) is 0 Å². The van der Waals surface area contributed by atoms with Crippen LogP contribution in [-0.4, -0.2) is 119 Å². The van der Waals surface area contributed by atoms with Crippen molar-refractivity contribution in [2.75, 3.05) is 119 Å². The topological polar surface area (TPSA) is 92.3 Å². The minimum atomic E-state index is 0.300. The summed E-state index contributed by atoms with van der Waals surface area (Å²) in [4.78, 5) is 0. The largest absolute Gasteiger partial charge is 0.491 e. The van der Waals surface area contributed by atoms with E-state index in [2.05, 4.69) is 23.7 Å². The van der Waals surface area contributed by atoms with Gasteiger partial charge in [0, 0.05) is 10.8 Å². The van der Waals surface area contributed by atoms with Gasteiger partial charge in [0.05, 0.1) is 92.5 Å². The predicted octanol–water partition coefficient (Wildman–Crippen LogP) is 2.75. The maximum absolute atomic E-state index is 5.99. The lowest BCUT2D eigenvalue weighted by Crippen LogP contribution is -2.14. The van der Waals surface area contributed by atoms with Gasteiger partial charge in [-0.1, -0.05) is 36.1 Å². The zero-order valence-corrected chi connectivity index (χ0v) is 24.3. The summed E-state index contributed by atoms with van der Waals surface area (Å²) < 4.78 is 56.0. The molecule has 0 atom stereocenters. The van der Waals surface area contributed by atoms with Crippen LogP contribution in [0, 0.1) is 23.7 Å². The molecule has 230 valence electrons. The summed E-state index contributed by atoms with van der Waals surface area (Å²) in [6.45, 7) is 8.14. The van der Waals surface area contributed by atoms with Gasteiger partial charge in [-0.15, -0.1) is 0 Å². The zero-order valence-electron chi connectivity index (χ0n) is 24.3. The van der Waals surface area contributed by atoms with Crippen LogP contribution in [0.4, 0.5) is 0 Å². The molecule has 3 rings (SSSR count). The summed E-state index contributed by atoms with van der Waals surface area (Å²) in [7, 11) is 0. The van der Waals surface area contributed by atoms with Crippen LogP contribution >= 0.6 is 0 Å². The van der Waals surface area contributed by atoms with Crippen LogP contribution in [0.5, 0.6) is 11.5 Å². The molecule has 0 fully saturated rings. The molecule has 1 aliphatic rings. The molecular formula is C32H42O10. The fourth-order valence-electron chi connectivity index (χ4n) is 3.65. The van der Waals surface area contributed by atoms with Gasteiger partial charge >= 0.3 is 0 Å². The molecule has 1 aliphatic heterocycles. The van der Waals surface area contributed by atoms with E-state index < -0.39 is 0 Å². The highest BCUT2D eigenvalue weighted by Gasteiger charge is 2.07. The van der Waals surface area contributed by atoms with Crippen LogP contribution in [0.1, 0.15) is 0 Å². The standard InChI is InChI=1S/C32H42O10/c1-2-4-12-34-14-16-36-18-20-38-22-24-40-26-28-42-32-10-6-7-29-30(32)8-5-9-31(29)41-27-25-39-23-21-37-19-17-35-15-13-33-11-3-1/h5-10H,11-28H2. The lowest BCUT2D eigenvalue weighted by atomic mass is 10.1. The Morgan fingerprint density at radius 3 is 1.02 bits per heavy atom. The van der Waals surface area contributed by atoms with Crippen molar-refractivity contribution in [2.45, 2.75) is 0 Å².